The molecule has 190 valence electrons. The van der Waals surface area contributed by atoms with Crippen LogP contribution >= 0.6 is 27.5 Å². The molecule has 0 bridgehead atoms. The Hall–Kier alpha value is -1.66. The highest BCUT2D eigenvalue weighted by Crippen LogP contribution is 2.40. The van der Waals surface area contributed by atoms with E-state index in [1.54, 1.807) is 14.1 Å². The SMILES string of the molecule is CN1C(=O)[N+](C)(CCOCCOC2CCCCO2)C(=O)C2=C1N=C(Br)[N+]2(C)Cc1ccc(Cl)cc1. The lowest BCUT2D eigenvalue weighted by Gasteiger charge is -2.38. The lowest BCUT2D eigenvalue weighted by molar-refractivity contribution is -0.810. The molecule has 3 aliphatic heterocycles. The van der Waals surface area contributed by atoms with Gasteiger partial charge in [0.25, 0.3) is 10.4 Å². The summed E-state index contributed by atoms with van der Waals surface area (Å²) in [4.78, 5) is 33.2. The van der Waals surface area contributed by atoms with Crippen molar-refractivity contribution in [2.75, 3.05) is 54.1 Å². The summed E-state index contributed by atoms with van der Waals surface area (Å²) < 4.78 is 17.2. The number of rotatable bonds is 9. The highest BCUT2D eigenvalue weighted by Gasteiger charge is 2.61. The van der Waals surface area contributed by atoms with Crippen LogP contribution in [0.4, 0.5) is 4.79 Å². The molecule has 0 aromatic heterocycles. The van der Waals surface area contributed by atoms with Crippen molar-refractivity contribution >= 4 is 44.2 Å². The highest BCUT2D eigenvalue weighted by atomic mass is 79.9. The van der Waals surface area contributed by atoms with E-state index in [0.717, 1.165) is 31.4 Å². The first kappa shape index (κ1) is 26.4. The van der Waals surface area contributed by atoms with Crippen molar-refractivity contribution in [1.82, 2.24) is 4.90 Å². The van der Waals surface area contributed by atoms with Crippen molar-refractivity contribution in [3.63, 3.8) is 0 Å². The third kappa shape index (κ3) is 5.24. The molecule has 3 heterocycles. The number of amides is 3. The minimum atomic E-state index is -0.424. The maximum atomic E-state index is 13.9. The summed E-state index contributed by atoms with van der Waals surface area (Å²) in [5.74, 6) is 0.0916. The number of aliphatic imine (C=N–C) groups is 1. The smallest absolute Gasteiger partial charge is 0.373 e. The van der Waals surface area contributed by atoms with Crippen LogP contribution in [0.2, 0.25) is 5.02 Å². The molecule has 11 heteroatoms. The zero-order valence-electron chi connectivity index (χ0n) is 20.3. The highest BCUT2D eigenvalue weighted by molar-refractivity contribution is 9.18. The first-order valence-electron chi connectivity index (χ1n) is 11.8. The number of hydrogen-bond acceptors (Lipinski definition) is 6. The molecule has 0 N–H and O–H groups in total. The summed E-state index contributed by atoms with van der Waals surface area (Å²) in [6, 6.07) is 7.15. The van der Waals surface area contributed by atoms with E-state index in [0.29, 0.717) is 41.0 Å². The summed E-state index contributed by atoms with van der Waals surface area (Å²) in [5.41, 5.74) is 1.46. The largest absolute Gasteiger partial charge is 0.432 e. The van der Waals surface area contributed by atoms with Crippen molar-refractivity contribution < 1.29 is 32.8 Å². The molecule has 4 rings (SSSR count). The monoisotopic (exact) mass is 570 g/mol. The first-order chi connectivity index (χ1) is 16.7. The normalized spacial score (nSPS) is 29.0. The maximum Gasteiger partial charge on any atom is 0.432 e. The molecule has 0 spiro atoms. The third-order valence-electron chi connectivity index (χ3n) is 6.75. The van der Waals surface area contributed by atoms with E-state index in [1.165, 1.54) is 4.90 Å². The molecular formula is C24H32BrClN4O5+2. The molecule has 3 amide bonds. The predicted octanol–water partition coefficient (Wildman–Crippen LogP) is 3.82. The number of halogens is 2. The fraction of sp³-hybridized carbons (Fsp3) is 0.542. The van der Waals surface area contributed by atoms with Crippen LogP contribution in [-0.4, -0.2) is 91.0 Å². The van der Waals surface area contributed by atoms with Crippen LogP contribution in [0.25, 0.3) is 0 Å². The molecule has 0 saturated carbocycles. The minimum absolute atomic E-state index is 0.122. The second kappa shape index (κ2) is 10.8. The van der Waals surface area contributed by atoms with Crippen molar-refractivity contribution in [2.24, 2.45) is 4.99 Å². The van der Waals surface area contributed by atoms with Crippen molar-refractivity contribution in [3.05, 3.63) is 46.4 Å². The van der Waals surface area contributed by atoms with Gasteiger partial charge in [-0.25, -0.2) is 19.0 Å². The second-order valence-electron chi connectivity index (χ2n) is 9.37. The van der Waals surface area contributed by atoms with Gasteiger partial charge in [-0.15, -0.1) is 0 Å². The molecule has 1 aromatic rings. The van der Waals surface area contributed by atoms with Crippen LogP contribution in [0, 0.1) is 0 Å². The first-order valence-corrected chi connectivity index (χ1v) is 12.9. The van der Waals surface area contributed by atoms with Crippen LogP contribution in [0.15, 0.2) is 40.8 Å². The number of ether oxygens (including phenoxy) is 3. The van der Waals surface area contributed by atoms with Gasteiger partial charge in [0.2, 0.25) is 5.82 Å². The van der Waals surface area contributed by atoms with Gasteiger partial charge < -0.3 is 14.2 Å². The number of quaternary nitrogens is 2. The molecular weight excluding hydrogens is 540 g/mol. The number of hydrogen-bond donors (Lipinski definition) is 0. The molecule has 3 atom stereocenters. The average molecular weight is 572 g/mol. The van der Waals surface area contributed by atoms with Gasteiger partial charge in [0.05, 0.1) is 33.9 Å². The number of carbonyl (C=O) groups is 2. The van der Waals surface area contributed by atoms with E-state index < -0.39 is 4.48 Å². The number of carbonyl (C=O) groups excluding carboxylic acids is 2. The number of imide groups is 1. The Balaban J connectivity index is 1.43. The minimum Gasteiger partial charge on any atom is -0.373 e. The van der Waals surface area contributed by atoms with Crippen LogP contribution in [0.3, 0.4) is 0 Å². The third-order valence-corrected chi connectivity index (χ3v) is 7.96. The van der Waals surface area contributed by atoms with Crippen LogP contribution < -0.4 is 0 Å². The van der Waals surface area contributed by atoms with E-state index in [2.05, 4.69) is 20.9 Å². The Kier molecular flexibility index (Phi) is 8.12. The van der Waals surface area contributed by atoms with Gasteiger partial charge in [0.15, 0.2) is 6.29 Å². The lowest BCUT2D eigenvalue weighted by Crippen LogP contribution is -2.65. The van der Waals surface area contributed by atoms with Gasteiger partial charge in [-0.1, -0.05) is 23.7 Å². The van der Waals surface area contributed by atoms with Gasteiger partial charge in [0, 0.05) is 40.2 Å². The average Bonchev–Trinajstić information content (AvgIpc) is 3.11. The number of nitrogens with zero attached hydrogens (tertiary/aromatic N) is 4. The van der Waals surface area contributed by atoms with Gasteiger partial charge in [-0.3, -0.25) is 0 Å². The van der Waals surface area contributed by atoms with Gasteiger partial charge in [-0.05, 0) is 31.4 Å². The molecule has 0 aliphatic carbocycles. The van der Waals surface area contributed by atoms with E-state index in [4.69, 9.17) is 25.8 Å². The molecule has 1 fully saturated rings. The van der Waals surface area contributed by atoms with Crippen molar-refractivity contribution in [1.29, 1.82) is 0 Å². The summed E-state index contributed by atoms with van der Waals surface area (Å²) >= 11 is 9.60. The number of urea groups is 1. The van der Waals surface area contributed by atoms with Gasteiger partial charge >= 0.3 is 11.9 Å². The zero-order valence-corrected chi connectivity index (χ0v) is 22.7. The second-order valence-corrected chi connectivity index (χ2v) is 10.5. The van der Waals surface area contributed by atoms with Crippen LogP contribution in [0.1, 0.15) is 24.8 Å². The summed E-state index contributed by atoms with van der Waals surface area (Å²) in [6.45, 7) is 2.42. The van der Waals surface area contributed by atoms with Crippen LogP contribution in [-0.2, 0) is 25.5 Å². The fourth-order valence-electron chi connectivity index (χ4n) is 4.57. The standard InChI is InChI=1S/C24H32BrClN4O5/c1-28-21-20(30(3,23(25)27-21)16-17-7-9-18(26)10-8-17)22(31)29(2,24(28)32)11-13-33-14-15-35-19-6-4-5-12-34-19/h7-10,19H,4-6,11-16H2,1-3H3/q+2. The van der Waals surface area contributed by atoms with Gasteiger partial charge in [-0.2, -0.15) is 9.48 Å². The molecule has 1 aromatic carbocycles. The Morgan fingerprint density at radius 3 is 2.57 bits per heavy atom. The summed E-state index contributed by atoms with van der Waals surface area (Å²) in [7, 11) is 5.21. The van der Waals surface area contributed by atoms with E-state index in [-0.39, 0.29) is 35.9 Å². The molecule has 1 saturated heterocycles. The molecule has 3 unspecified atom stereocenters. The predicted molar refractivity (Wildman–Crippen MR) is 134 cm³/mol. The zero-order chi connectivity index (χ0) is 25.2. The Bertz CT molecular complexity index is 1040. The molecule has 0 radical (unpaired) electrons. The Morgan fingerprint density at radius 1 is 1.14 bits per heavy atom. The van der Waals surface area contributed by atoms with Crippen molar-refractivity contribution in [3.8, 4) is 0 Å². The number of amidine groups is 1. The summed E-state index contributed by atoms with van der Waals surface area (Å²) in [6.07, 6.45) is 2.90. The maximum absolute atomic E-state index is 13.9. The topological polar surface area (TPSA) is 77.4 Å². The Morgan fingerprint density at radius 2 is 1.89 bits per heavy atom. The lowest BCUT2D eigenvalue weighted by atomic mass is 10.1. The van der Waals surface area contributed by atoms with E-state index in [9.17, 15) is 9.59 Å². The number of benzene rings is 1. The van der Waals surface area contributed by atoms with E-state index in [1.807, 2.05) is 31.3 Å². The fourth-order valence-corrected chi connectivity index (χ4v) is 5.17. The van der Waals surface area contributed by atoms with Gasteiger partial charge in [0.1, 0.15) is 13.1 Å². The van der Waals surface area contributed by atoms with Crippen LogP contribution in [0.5, 0.6) is 0 Å². The molecule has 9 nitrogen and oxygen atoms in total. The summed E-state index contributed by atoms with van der Waals surface area (Å²) in [5, 5.41) is 0.644. The quantitative estimate of drug-likeness (QED) is 0.256. The number of likely N-dealkylation sites (N-methyl/N-ethyl adjacent to an activating group) is 2. The Labute approximate surface area is 219 Å². The van der Waals surface area contributed by atoms with E-state index >= 15 is 0 Å². The van der Waals surface area contributed by atoms with Crippen molar-refractivity contribution in [2.45, 2.75) is 32.1 Å². The molecule has 35 heavy (non-hydrogen) atoms. The molecule has 3 aliphatic rings.